The van der Waals surface area contributed by atoms with E-state index in [0.29, 0.717) is 29.8 Å². The number of hydrogen-bond acceptors (Lipinski definition) is 5. The molecule has 4 rings (SSSR count). The highest BCUT2D eigenvalue weighted by Gasteiger charge is 2.24. The number of ether oxygens (including phenoxy) is 1. The van der Waals surface area contributed by atoms with Gasteiger partial charge in [-0.3, -0.25) is 4.79 Å². The number of nitrogens with zero attached hydrogens (tertiary/aromatic N) is 3. The van der Waals surface area contributed by atoms with Gasteiger partial charge in [-0.1, -0.05) is 17.7 Å². The molecule has 0 bridgehead atoms. The molecule has 0 spiro atoms. The standard InChI is InChI=1S/C17H15ClN4O2/c18-12-1-2-13-14(16(23)21-15(13)8-12)7-11-9-19-17(20-10-11)22-3-5-24-6-4-22/h1-2,7-10H,3-6H2,(H,21,23)/b14-7-. The normalized spacial score (nSPS) is 18.6. The van der Waals surface area contributed by atoms with Crippen molar-refractivity contribution in [2.75, 3.05) is 36.5 Å². The molecular weight excluding hydrogens is 328 g/mol. The highest BCUT2D eigenvalue weighted by molar-refractivity contribution is 6.36. The van der Waals surface area contributed by atoms with Gasteiger partial charge in [-0.2, -0.15) is 0 Å². The number of carbonyl (C=O) groups is 1. The van der Waals surface area contributed by atoms with Gasteiger partial charge < -0.3 is 15.0 Å². The molecule has 0 unspecified atom stereocenters. The predicted molar refractivity (Wildman–Crippen MR) is 93.0 cm³/mol. The fraction of sp³-hybridized carbons (Fsp3) is 0.235. The second-order valence-electron chi connectivity index (χ2n) is 5.62. The Morgan fingerprint density at radius 1 is 1.21 bits per heavy atom. The molecule has 7 heteroatoms. The number of fused-ring (bicyclic) bond motifs is 1. The smallest absolute Gasteiger partial charge is 0.256 e. The Balaban J connectivity index is 1.61. The summed E-state index contributed by atoms with van der Waals surface area (Å²) in [6.07, 6.45) is 5.25. The van der Waals surface area contributed by atoms with E-state index in [0.717, 1.165) is 29.9 Å². The van der Waals surface area contributed by atoms with Crippen molar-refractivity contribution in [3.63, 3.8) is 0 Å². The number of halogens is 1. The van der Waals surface area contributed by atoms with E-state index < -0.39 is 0 Å². The molecule has 24 heavy (non-hydrogen) atoms. The van der Waals surface area contributed by atoms with Crippen LogP contribution in [0.3, 0.4) is 0 Å². The third-order valence-corrected chi connectivity index (χ3v) is 4.26. The first kappa shape index (κ1) is 15.1. The topological polar surface area (TPSA) is 67.4 Å². The number of hydrogen-bond donors (Lipinski definition) is 1. The zero-order chi connectivity index (χ0) is 16.5. The summed E-state index contributed by atoms with van der Waals surface area (Å²) in [6, 6.07) is 5.35. The van der Waals surface area contributed by atoms with Crippen LogP contribution in [-0.2, 0) is 9.53 Å². The lowest BCUT2D eigenvalue weighted by atomic mass is 10.1. The molecule has 1 saturated heterocycles. The lowest BCUT2D eigenvalue weighted by molar-refractivity contribution is -0.110. The molecule has 0 saturated carbocycles. The number of benzene rings is 1. The average molecular weight is 343 g/mol. The van der Waals surface area contributed by atoms with E-state index in [1.165, 1.54) is 0 Å². The van der Waals surface area contributed by atoms with Crippen molar-refractivity contribution in [2.45, 2.75) is 0 Å². The zero-order valence-corrected chi connectivity index (χ0v) is 13.6. The molecule has 2 aliphatic heterocycles. The summed E-state index contributed by atoms with van der Waals surface area (Å²) >= 11 is 5.97. The summed E-state index contributed by atoms with van der Waals surface area (Å²) in [6.45, 7) is 2.96. The molecule has 6 nitrogen and oxygen atoms in total. The van der Waals surface area contributed by atoms with Gasteiger partial charge in [-0.15, -0.1) is 0 Å². The molecule has 1 amide bonds. The van der Waals surface area contributed by atoms with Gasteiger partial charge in [0.2, 0.25) is 5.95 Å². The molecule has 1 N–H and O–H groups in total. The van der Waals surface area contributed by atoms with Crippen LogP contribution in [0, 0.1) is 0 Å². The molecule has 1 aromatic heterocycles. The predicted octanol–water partition coefficient (Wildman–Crippen LogP) is 2.46. The Hall–Kier alpha value is -2.44. The van der Waals surface area contributed by atoms with E-state index in [-0.39, 0.29) is 5.91 Å². The van der Waals surface area contributed by atoms with Gasteiger partial charge in [0.15, 0.2) is 0 Å². The van der Waals surface area contributed by atoms with E-state index in [1.54, 1.807) is 30.6 Å². The lowest BCUT2D eigenvalue weighted by Gasteiger charge is -2.26. The summed E-state index contributed by atoms with van der Waals surface area (Å²) in [7, 11) is 0. The van der Waals surface area contributed by atoms with Crippen molar-refractivity contribution in [2.24, 2.45) is 0 Å². The Morgan fingerprint density at radius 2 is 1.96 bits per heavy atom. The minimum absolute atomic E-state index is 0.149. The van der Waals surface area contributed by atoms with Crippen LogP contribution in [0.25, 0.3) is 11.6 Å². The molecule has 122 valence electrons. The number of rotatable bonds is 2. The Kier molecular flexibility index (Phi) is 3.92. The first-order chi connectivity index (χ1) is 11.7. The van der Waals surface area contributed by atoms with Crippen LogP contribution in [0.5, 0.6) is 0 Å². The van der Waals surface area contributed by atoms with Crippen molar-refractivity contribution in [3.05, 3.63) is 46.7 Å². The van der Waals surface area contributed by atoms with Gasteiger partial charge in [-0.25, -0.2) is 9.97 Å². The minimum Gasteiger partial charge on any atom is -0.378 e. The Bertz CT molecular complexity index is 814. The third kappa shape index (κ3) is 2.86. The molecule has 1 fully saturated rings. The van der Waals surface area contributed by atoms with Gasteiger partial charge in [-0.05, 0) is 18.2 Å². The number of carbonyl (C=O) groups excluding carboxylic acids is 1. The van der Waals surface area contributed by atoms with Gasteiger partial charge in [0.25, 0.3) is 5.91 Å². The molecule has 2 aromatic rings. The Morgan fingerprint density at radius 3 is 2.71 bits per heavy atom. The van der Waals surface area contributed by atoms with Gasteiger partial charge >= 0.3 is 0 Å². The average Bonchev–Trinajstić information content (AvgIpc) is 2.91. The highest BCUT2D eigenvalue weighted by atomic mass is 35.5. The van der Waals surface area contributed by atoms with E-state index in [2.05, 4.69) is 20.2 Å². The number of nitrogens with one attached hydrogen (secondary N) is 1. The van der Waals surface area contributed by atoms with Crippen molar-refractivity contribution < 1.29 is 9.53 Å². The van der Waals surface area contributed by atoms with E-state index >= 15 is 0 Å². The number of morpholine rings is 1. The molecule has 0 atom stereocenters. The van der Waals surface area contributed by atoms with Crippen LogP contribution in [0.15, 0.2) is 30.6 Å². The van der Waals surface area contributed by atoms with Crippen molar-refractivity contribution >= 4 is 40.8 Å². The van der Waals surface area contributed by atoms with E-state index in [1.807, 2.05) is 6.07 Å². The quantitative estimate of drug-likeness (QED) is 0.849. The van der Waals surface area contributed by atoms with Crippen LogP contribution in [0.4, 0.5) is 11.6 Å². The van der Waals surface area contributed by atoms with Crippen LogP contribution >= 0.6 is 11.6 Å². The van der Waals surface area contributed by atoms with Crippen LogP contribution in [-0.4, -0.2) is 42.2 Å². The molecule has 0 aliphatic carbocycles. The summed E-state index contributed by atoms with van der Waals surface area (Å²) in [5, 5.41) is 3.41. The van der Waals surface area contributed by atoms with Crippen molar-refractivity contribution in [1.82, 2.24) is 9.97 Å². The first-order valence-corrected chi connectivity index (χ1v) is 8.06. The molecule has 3 heterocycles. The first-order valence-electron chi connectivity index (χ1n) is 7.68. The summed E-state index contributed by atoms with van der Waals surface area (Å²) in [5.74, 6) is 0.535. The molecule has 2 aliphatic rings. The van der Waals surface area contributed by atoms with Crippen LogP contribution in [0.2, 0.25) is 5.02 Å². The Labute approximate surface area is 144 Å². The molecule has 0 radical (unpaired) electrons. The maximum atomic E-state index is 12.2. The second kappa shape index (κ2) is 6.22. The number of anilines is 2. The van der Waals surface area contributed by atoms with Crippen molar-refractivity contribution in [3.8, 4) is 0 Å². The second-order valence-corrected chi connectivity index (χ2v) is 6.05. The molecule has 1 aromatic carbocycles. The maximum absolute atomic E-state index is 12.2. The zero-order valence-electron chi connectivity index (χ0n) is 12.8. The van der Waals surface area contributed by atoms with Crippen LogP contribution in [0.1, 0.15) is 11.1 Å². The lowest BCUT2D eigenvalue weighted by Crippen LogP contribution is -2.37. The van der Waals surface area contributed by atoms with E-state index in [9.17, 15) is 4.79 Å². The van der Waals surface area contributed by atoms with Crippen LogP contribution < -0.4 is 10.2 Å². The highest BCUT2D eigenvalue weighted by Crippen LogP contribution is 2.34. The van der Waals surface area contributed by atoms with Gasteiger partial charge in [0.05, 0.1) is 18.9 Å². The molecular formula is C17H15ClN4O2. The number of aromatic nitrogens is 2. The monoisotopic (exact) mass is 342 g/mol. The minimum atomic E-state index is -0.149. The fourth-order valence-corrected chi connectivity index (χ4v) is 2.98. The third-order valence-electron chi connectivity index (χ3n) is 4.03. The van der Waals surface area contributed by atoms with Gasteiger partial charge in [0, 0.05) is 47.2 Å². The summed E-state index contributed by atoms with van der Waals surface area (Å²) in [4.78, 5) is 23.1. The maximum Gasteiger partial charge on any atom is 0.256 e. The van der Waals surface area contributed by atoms with Crippen molar-refractivity contribution in [1.29, 1.82) is 0 Å². The van der Waals surface area contributed by atoms with Gasteiger partial charge in [0.1, 0.15) is 0 Å². The largest absolute Gasteiger partial charge is 0.378 e. The van der Waals surface area contributed by atoms with E-state index in [4.69, 9.17) is 16.3 Å². The summed E-state index contributed by atoms with van der Waals surface area (Å²) in [5.41, 5.74) is 2.93. The fourth-order valence-electron chi connectivity index (χ4n) is 2.81. The summed E-state index contributed by atoms with van der Waals surface area (Å²) < 4.78 is 5.33. The SMILES string of the molecule is O=C1Nc2cc(Cl)ccc2/C1=C/c1cnc(N2CCOCC2)nc1. The number of amides is 1.